The normalized spacial score (nSPS) is 10.6. The van der Waals surface area contributed by atoms with E-state index in [1.807, 2.05) is 0 Å². The van der Waals surface area contributed by atoms with Gasteiger partial charge in [0.15, 0.2) is 0 Å². The molecule has 0 rings (SSSR count). The third-order valence-corrected chi connectivity index (χ3v) is 5.05. The van der Waals surface area contributed by atoms with Crippen LogP contribution in [0.4, 0.5) is 4.79 Å². The molecule has 1 amide bonds. The van der Waals surface area contributed by atoms with Gasteiger partial charge in [-0.05, 0) is 13.3 Å². The maximum absolute atomic E-state index is 11.8. The first-order valence-corrected chi connectivity index (χ1v) is 11.9. The maximum atomic E-state index is 11.8. The van der Waals surface area contributed by atoms with Gasteiger partial charge in [0.1, 0.15) is 0 Å². The number of amides is 1. The number of hydroxylamine groups is 2. The van der Waals surface area contributed by atoms with Crippen molar-refractivity contribution in [2.24, 2.45) is 0 Å². The zero-order valence-electron chi connectivity index (χ0n) is 19.1. The Morgan fingerprint density at radius 2 is 1.14 bits per heavy atom. The topological polar surface area (TPSA) is 55.8 Å². The molecule has 0 aliphatic heterocycles. The van der Waals surface area contributed by atoms with Gasteiger partial charge in [-0.1, -0.05) is 110 Å². The summed E-state index contributed by atoms with van der Waals surface area (Å²) in [7, 11) is 0. The Hall–Kier alpha value is -1.52. The number of carbonyl (C=O) groups excluding carboxylic acids is 2. The van der Waals surface area contributed by atoms with E-state index in [0.717, 1.165) is 30.4 Å². The van der Waals surface area contributed by atoms with Gasteiger partial charge in [-0.2, -0.15) is 0 Å². The van der Waals surface area contributed by atoms with Gasteiger partial charge < -0.3 is 9.57 Å². The van der Waals surface area contributed by atoms with E-state index in [-0.39, 0.29) is 6.61 Å². The van der Waals surface area contributed by atoms with Gasteiger partial charge in [0.05, 0.1) is 13.2 Å². The molecule has 0 atom stereocenters. The largest absolute Gasteiger partial charge is 0.448 e. The van der Waals surface area contributed by atoms with Crippen LogP contribution < -0.4 is 0 Å². The zero-order valence-corrected chi connectivity index (χ0v) is 19.1. The molecule has 0 aliphatic rings. The standard InChI is InChI=1S/C24H45NO4/c1-4-7-8-9-10-11-12-13-14-15-16-17-18-19-20-21-22-25(24(27)28-6-3)29-23(26)5-2/h5H,2,4,6-22H2,1,3H3. The highest BCUT2D eigenvalue weighted by molar-refractivity contribution is 5.82. The van der Waals surface area contributed by atoms with E-state index in [9.17, 15) is 9.59 Å². The fourth-order valence-corrected chi connectivity index (χ4v) is 3.32. The molecule has 0 aromatic rings. The van der Waals surface area contributed by atoms with Gasteiger partial charge in [-0.15, -0.1) is 5.06 Å². The molecule has 0 N–H and O–H groups in total. The number of carbonyl (C=O) groups is 2. The van der Waals surface area contributed by atoms with Crippen LogP contribution in [0.3, 0.4) is 0 Å². The monoisotopic (exact) mass is 411 g/mol. The second-order valence-corrected chi connectivity index (χ2v) is 7.72. The lowest BCUT2D eigenvalue weighted by Crippen LogP contribution is -2.34. The molecule has 0 aromatic carbocycles. The lowest BCUT2D eigenvalue weighted by molar-refractivity contribution is -0.175. The summed E-state index contributed by atoms with van der Waals surface area (Å²) in [5.41, 5.74) is 0. The van der Waals surface area contributed by atoms with Crippen molar-refractivity contribution in [3.05, 3.63) is 12.7 Å². The number of rotatable bonds is 19. The van der Waals surface area contributed by atoms with Crippen LogP contribution in [0.15, 0.2) is 12.7 Å². The smallest absolute Gasteiger partial charge is 0.443 e. The second kappa shape index (κ2) is 21.2. The van der Waals surface area contributed by atoms with E-state index in [1.165, 1.54) is 83.5 Å². The quantitative estimate of drug-likeness (QED) is 0.127. The summed E-state index contributed by atoms with van der Waals surface area (Å²) in [5.74, 6) is -0.644. The summed E-state index contributed by atoms with van der Waals surface area (Å²) in [4.78, 5) is 28.0. The molecular formula is C24H45NO4. The van der Waals surface area contributed by atoms with Crippen LogP contribution >= 0.6 is 0 Å². The van der Waals surface area contributed by atoms with Crippen molar-refractivity contribution in [2.45, 2.75) is 117 Å². The molecule has 0 unspecified atom stereocenters. The van der Waals surface area contributed by atoms with Crippen molar-refractivity contribution >= 4 is 12.1 Å². The van der Waals surface area contributed by atoms with Crippen molar-refractivity contribution in [3.8, 4) is 0 Å². The summed E-state index contributed by atoms with van der Waals surface area (Å²) in [6.45, 7) is 7.94. The maximum Gasteiger partial charge on any atom is 0.443 e. The molecule has 0 aromatic heterocycles. The Morgan fingerprint density at radius 3 is 1.52 bits per heavy atom. The van der Waals surface area contributed by atoms with Crippen LogP contribution in [0.2, 0.25) is 0 Å². The minimum atomic E-state index is -0.644. The fraction of sp³-hybridized carbons (Fsp3) is 0.833. The first-order valence-electron chi connectivity index (χ1n) is 11.9. The molecule has 5 nitrogen and oxygen atoms in total. The molecule has 5 heteroatoms. The van der Waals surface area contributed by atoms with Crippen molar-refractivity contribution in [1.29, 1.82) is 0 Å². The highest BCUT2D eigenvalue weighted by atomic mass is 16.7. The van der Waals surface area contributed by atoms with Crippen LogP contribution in [0.5, 0.6) is 0 Å². The molecule has 0 aliphatic carbocycles. The number of hydrogen-bond acceptors (Lipinski definition) is 4. The summed E-state index contributed by atoms with van der Waals surface area (Å²) < 4.78 is 4.90. The molecule has 0 saturated carbocycles. The van der Waals surface area contributed by atoms with Crippen molar-refractivity contribution in [3.63, 3.8) is 0 Å². The van der Waals surface area contributed by atoms with E-state index in [2.05, 4.69) is 13.5 Å². The summed E-state index contributed by atoms with van der Waals surface area (Å²) >= 11 is 0. The van der Waals surface area contributed by atoms with Crippen molar-refractivity contribution < 1.29 is 19.2 Å². The highest BCUT2D eigenvalue weighted by Crippen LogP contribution is 2.14. The molecule has 29 heavy (non-hydrogen) atoms. The van der Waals surface area contributed by atoms with Gasteiger partial charge in [-0.25, -0.2) is 9.59 Å². The summed E-state index contributed by atoms with van der Waals surface area (Å²) in [6, 6.07) is 0. The molecular weight excluding hydrogens is 366 g/mol. The van der Waals surface area contributed by atoms with Crippen molar-refractivity contribution in [1.82, 2.24) is 5.06 Å². The van der Waals surface area contributed by atoms with Gasteiger partial charge in [-0.3, -0.25) is 0 Å². The average Bonchev–Trinajstić information content (AvgIpc) is 2.72. The third kappa shape index (κ3) is 18.3. The van der Waals surface area contributed by atoms with Gasteiger partial charge in [0, 0.05) is 6.08 Å². The Morgan fingerprint density at radius 1 is 0.724 bits per heavy atom. The molecule has 0 spiro atoms. The van der Waals surface area contributed by atoms with E-state index < -0.39 is 12.1 Å². The molecule has 0 fully saturated rings. The Labute approximate surface area is 179 Å². The molecule has 170 valence electrons. The van der Waals surface area contributed by atoms with Crippen LogP contribution in [-0.4, -0.2) is 30.3 Å². The lowest BCUT2D eigenvalue weighted by atomic mass is 10.0. The van der Waals surface area contributed by atoms with Crippen LogP contribution in [0, 0.1) is 0 Å². The van der Waals surface area contributed by atoms with Crippen LogP contribution in [-0.2, 0) is 14.4 Å². The first-order chi connectivity index (χ1) is 14.2. The predicted molar refractivity (Wildman–Crippen MR) is 120 cm³/mol. The van der Waals surface area contributed by atoms with E-state index in [0.29, 0.717) is 6.54 Å². The second-order valence-electron chi connectivity index (χ2n) is 7.72. The van der Waals surface area contributed by atoms with E-state index in [1.54, 1.807) is 6.92 Å². The van der Waals surface area contributed by atoms with Gasteiger partial charge in [0.25, 0.3) is 0 Å². The number of nitrogens with zero attached hydrogens (tertiary/aromatic N) is 1. The molecule has 0 heterocycles. The Balaban J connectivity index is 3.50. The predicted octanol–water partition coefficient (Wildman–Crippen LogP) is 7.35. The molecule has 0 bridgehead atoms. The SMILES string of the molecule is C=CC(=O)ON(CCCCCCCCCCCCCCCCCC)C(=O)OCC. The summed E-state index contributed by atoms with van der Waals surface area (Å²) in [6.07, 6.45) is 21.1. The first kappa shape index (κ1) is 27.5. The lowest BCUT2D eigenvalue weighted by Gasteiger charge is -2.19. The minimum Gasteiger partial charge on any atom is -0.448 e. The third-order valence-electron chi connectivity index (χ3n) is 5.05. The average molecular weight is 412 g/mol. The number of hydrogen-bond donors (Lipinski definition) is 0. The van der Waals surface area contributed by atoms with Crippen molar-refractivity contribution in [2.75, 3.05) is 13.2 Å². The Bertz CT molecular complexity index is 412. The minimum absolute atomic E-state index is 0.250. The molecule has 0 saturated heterocycles. The number of ether oxygens (including phenoxy) is 1. The highest BCUT2D eigenvalue weighted by Gasteiger charge is 2.18. The molecule has 0 radical (unpaired) electrons. The van der Waals surface area contributed by atoms with Crippen LogP contribution in [0.25, 0.3) is 0 Å². The summed E-state index contributed by atoms with van der Waals surface area (Å²) in [5, 5.41) is 0.997. The van der Waals surface area contributed by atoms with Crippen LogP contribution in [0.1, 0.15) is 117 Å². The van der Waals surface area contributed by atoms with E-state index >= 15 is 0 Å². The zero-order chi connectivity index (χ0) is 21.6. The van der Waals surface area contributed by atoms with Gasteiger partial charge >= 0.3 is 12.1 Å². The fourth-order valence-electron chi connectivity index (χ4n) is 3.32. The number of unbranched alkanes of at least 4 members (excludes halogenated alkanes) is 15. The van der Waals surface area contributed by atoms with E-state index in [4.69, 9.17) is 9.57 Å². The van der Waals surface area contributed by atoms with Gasteiger partial charge in [0.2, 0.25) is 0 Å². The Kier molecular flexibility index (Phi) is 20.1.